The van der Waals surface area contributed by atoms with E-state index >= 15 is 0 Å². The summed E-state index contributed by atoms with van der Waals surface area (Å²) in [7, 11) is 0. The van der Waals surface area contributed by atoms with Gasteiger partial charge in [0.1, 0.15) is 0 Å². The van der Waals surface area contributed by atoms with Crippen LogP contribution in [0, 0.1) is 0 Å². The van der Waals surface area contributed by atoms with Gasteiger partial charge >= 0.3 is 0 Å². The highest BCUT2D eigenvalue weighted by Gasteiger charge is 2.23. The third-order valence-corrected chi connectivity index (χ3v) is 2.93. The van der Waals surface area contributed by atoms with Gasteiger partial charge in [-0.15, -0.1) is 11.6 Å². The Morgan fingerprint density at radius 3 is 2.80 bits per heavy atom. The van der Waals surface area contributed by atoms with Crippen molar-refractivity contribution in [2.75, 3.05) is 5.88 Å². The number of amides is 1. The van der Waals surface area contributed by atoms with E-state index < -0.39 is 0 Å². The molecule has 0 fully saturated rings. The first-order valence-electron chi connectivity index (χ1n) is 4.76. The first kappa shape index (κ1) is 11.9. The lowest BCUT2D eigenvalue weighted by Crippen LogP contribution is -2.47. The number of aromatic nitrogens is 2. The molecule has 1 N–H and O–H groups in total. The smallest absolute Gasteiger partial charge is 0.253 e. The Morgan fingerprint density at radius 1 is 1.60 bits per heavy atom. The van der Waals surface area contributed by atoms with E-state index in [0.717, 1.165) is 6.42 Å². The minimum Gasteiger partial charge on any atom is -0.346 e. The summed E-state index contributed by atoms with van der Waals surface area (Å²) in [5.41, 5.74) is 0.122. The van der Waals surface area contributed by atoms with Crippen molar-refractivity contribution in [2.45, 2.75) is 25.8 Å². The SMILES string of the molecule is CCC(C)(CCl)NC(=O)c1ccnnc1. The molecule has 0 aliphatic rings. The second-order valence-electron chi connectivity index (χ2n) is 3.63. The molecule has 0 aromatic carbocycles. The van der Waals surface area contributed by atoms with Crippen molar-refractivity contribution >= 4 is 17.5 Å². The second kappa shape index (κ2) is 5.07. The van der Waals surface area contributed by atoms with Gasteiger partial charge in [0.2, 0.25) is 0 Å². The van der Waals surface area contributed by atoms with E-state index in [4.69, 9.17) is 11.6 Å². The number of halogens is 1. The summed E-state index contributed by atoms with van der Waals surface area (Å²) in [4.78, 5) is 11.7. The number of nitrogens with zero attached hydrogens (tertiary/aromatic N) is 2. The monoisotopic (exact) mass is 227 g/mol. The molecule has 82 valence electrons. The average molecular weight is 228 g/mol. The summed E-state index contributed by atoms with van der Waals surface area (Å²) in [6.45, 7) is 3.89. The molecule has 5 heteroatoms. The first-order chi connectivity index (χ1) is 7.11. The number of hydrogen-bond donors (Lipinski definition) is 1. The van der Waals surface area contributed by atoms with Gasteiger partial charge in [-0.3, -0.25) is 4.79 Å². The lowest BCUT2D eigenvalue weighted by Gasteiger charge is -2.26. The van der Waals surface area contributed by atoms with E-state index in [0.29, 0.717) is 11.4 Å². The van der Waals surface area contributed by atoms with Gasteiger partial charge < -0.3 is 5.32 Å². The van der Waals surface area contributed by atoms with Gasteiger partial charge in [-0.2, -0.15) is 10.2 Å². The van der Waals surface area contributed by atoms with Crippen LogP contribution in [-0.2, 0) is 0 Å². The molecule has 0 spiro atoms. The van der Waals surface area contributed by atoms with E-state index in [1.807, 2.05) is 13.8 Å². The van der Waals surface area contributed by atoms with Gasteiger partial charge in [0.15, 0.2) is 0 Å². The maximum absolute atomic E-state index is 11.7. The zero-order chi connectivity index (χ0) is 11.3. The quantitative estimate of drug-likeness (QED) is 0.796. The Kier molecular flexibility index (Phi) is 4.03. The molecular weight excluding hydrogens is 214 g/mol. The fourth-order valence-corrected chi connectivity index (χ4v) is 1.24. The summed E-state index contributed by atoms with van der Waals surface area (Å²) >= 11 is 5.80. The fourth-order valence-electron chi connectivity index (χ4n) is 0.988. The van der Waals surface area contributed by atoms with Crippen molar-refractivity contribution < 1.29 is 4.79 Å². The van der Waals surface area contributed by atoms with Crippen molar-refractivity contribution in [2.24, 2.45) is 0 Å². The Labute approximate surface area is 94.0 Å². The molecule has 0 aliphatic heterocycles. The molecule has 1 aromatic rings. The topological polar surface area (TPSA) is 54.9 Å². The molecule has 4 nitrogen and oxygen atoms in total. The predicted molar refractivity (Wildman–Crippen MR) is 58.9 cm³/mol. The van der Waals surface area contributed by atoms with Gasteiger partial charge in [-0.1, -0.05) is 6.92 Å². The zero-order valence-corrected chi connectivity index (χ0v) is 9.58. The van der Waals surface area contributed by atoms with E-state index in [-0.39, 0.29) is 11.4 Å². The van der Waals surface area contributed by atoms with Crippen LogP contribution in [0.25, 0.3) is 0 Å². The fraction of sp³-hybridized carbons (Fsp3) is 0.500. The molecule has 0 saturated heterocycles. The van der Waals surface area contributed by atoms with Crippen molar-refractivity contribution in [1.29, 1.82) is 0 Å². The standard InChI is InChI=1S/C10H14ClN3O/c1-3-10(2,7-11)14-9(15)8-4-5-12-13-6-8/h4-6H,3,7H2,1-2H3,(H,14,15). The molecule has 1 rings (SSSR count). The maximum atomic E-state index is 11.7. The van der Waals surface area contributed by atoms with Crippen LogP contribution in [-0.4, -0.2) is 27.5 Å². The van der Waals surface area contributed by atoms with Crippen LogP contribution in [0.3, 0.4) is 0 Å². The number of rotatable bonds is 4. The van der Waals surface area contributed by atoms with Crippen LogP contribution in [0.5, 0.6) is 0 Å². The number of hydrogen-bond acceptors (Lipinski definition) is 3. The molecule has 0 bridgehead atoms. The zero-order valence-electron chi connectivity index (χ0n) is 8.83. The lowest BCUT2D eigenvalue weighted by molar-refractivity contribution is 0.0912. The van der Waals surface area contributed by atoms with E-state index in [2.05, 4.69) is 15.5 Å². The van der Waals surface area contributed by atoms with E-state index in [1.54, 1.807) is 6.07 Å². The van der Waals surface area contributed by atoms with Crippen LogP contribution >= 0.6 is 11.6 Å². The Morgan fingerprint density at radius 2 is 2.33 bits per heavy atom. The number of nitrogens with one attached hydrogen (secondary N) is 1. The normalized spacial score (nSPS) is 14.3. The van der Waals surface area contributed by atoms with Crippen molar-refractivity contribution in [3.05, 3.63) is 24.0 Å². The maximum Gasteiger partial charge on any atom is 0.253 e. The first-order valence-corrected chi connectivity index (χ1v) is 5.30. The highest BCUT2D eigenvalue weighted by Crippen LogP contribution is 2.12. The summed E-state index contributed by atoms with van der Waals surface area (Å²) in [5.74, 6) is 0.211. The Balaban J connectivity index is 2.72. The Bertz CT molecular complexity index is 325. The van der Waals surface area contributed by atoms with Crippen LogP contribution < -0.4 is 5.32 Å². The Hall–Kier alpha value is -1.16. The van der Waals surface area contributed by atoms with Crippen LogP contribution in [0.4, 0.5) is 0 Å². The molecule has 1 aromatic heterocycles. The molecule has 15 heavy (non-hydrogen) atoms. The van der Waals surface area contributed by atoms with Gasteiger partial charge in [-0.05, 0) is 19.4 Å². The predicted octanol–water partition coefficient (Wildman–Crippen LogP) is 1.61. The summed E-state index contributed by atoms with van der Waals surface area (Å²) in [5, 5.41) is 10.1. The van der Waals surface area contributed by atoms with Crippen LogP contribution in [0.15, 0.2) is 18.5 Å². The number of alkyl halides is 1. The van der Waals surface area contributed by atoms with Gasteiger partial charge in [0.25, 0.3) is 5.91 Å². The molecule has 0 radical (unpaired) electrons. The van der Waals surface area contributed by atoms with E-state index in [9.17, 15) is 4.79 Å². The highest BCUT2D eigenvalue weighted by molar-refractivity contribution is 6.18. The van der Waals surface area contributed by atoms with Gasteiger partial charge in [-0.25, -0.2) is 0 Å². The number of carbonyl (C=O) groups is 1. The minimum absolute atomic E-state index is 0.171. The van der Waals surface area contributed by atoms with Crippen molar-refractivity contribution in [3.8, 4) is 0 Å². The third kappa shape index (κ3) is 3.16. The molecule has 0 aliphatic carbocycles. The molecule has 1 unspecified atom stereocenters. The van der Waals surface area contributed by atoms with Crippen molar-refractivity contribution in [3.63, 3.8) is 0 Å². The summed E-state index contributed by atoms with van der Waals surface area (Å²) < 4.78 is 0. The van der Waals surface area contributed by atoms with Crippen LogP contribution in [0.2, 0.25) is 0 Å². The lowest BCUT2D eigenvalue weighted by atomic mass is 10.0. The van der Waals surface area contributed by atoms with E-state index in [1.165, 1.54) is 12.4 Å². The highest BCUT2D eigenvalue weighted by atomic mass is 35.5. The largest absolute Gasteiger partial charge is 0.346 e. The molecule has 1 amide bonds. The molecule has 1 heterocycles. The second-order valence-corrected chi connectivity index (χ2v) is 3.90. The van der Waals surface area contributed by atoms with Gasteiger partial charge in [0.05, 0.1) is 23.5 Å². The molecule has 1 atom stereocenters. The molecular formula is C10H14ClN3O. The summed E-state index contributed by atoms with van der Waals surface area (Å²) in [6.07, 6.45) is 3.69. The van der Waals surface area contributed by atoms with Crippen LogP contribution in [0.1, 0.15) is 30.6 Å². The van der Waals surface area contributed by atoms with Gasteiger partial charge in [0, 0.05) is 5.88 Å². The average Bonchev–Trinajstić information content (AvgIpc) is 2.30. The molecule has 0 saturated carbocycles. The number of carbonyl (C=O) groups excluding carboxylic acids is 1. The van der Waals surface area contributed by atoms with Crippen molar-refractivity contribution in [1.82, 2.24) is 15.5 Å². The summed E-state index contributed by atoms with van der Waals surface area (Å²) in [6, 6.07) is 1.62. The minimum atomic E-state index is -0.373. The third-order valence-electron chi connectivity index (χ3n) is 2.34.